The Balaban J connectivity index is 1.55. The van der Waals surface area contributed by atoms with Crippen LogP contribution in [0.4, 0.5) is 14.9 Å². The average Bonchev–Trinajstić information content (AvgIpc) is 2.72. The minimum absolute atomic E-state index is 0.312. The maximum absolute atomic E-state index is 15.2. The Labute approximate surface area is 195 Å². The number of hydrogen-bond acceptors (Lipinski definition) is 5. The summed E-state index contributed by atoms with van der Waals surface area (Å²) >= 11 is 3.49. The molecule has 1 fully saturated rings. The summed E-state index contributed by atoms with van der Waals surface area (Å²) in [6.07, 6.45) is -0.329. The second-order valence-corrected chi connectivity index (χ2v) is 9.82. The molecule has 0 unspecified atom stereocenters. The van der Waals surface area contributed by atoms with E-state index in [1.165, 1.54) is 6.07 Å². The largest absolute Gasteiger partial charge is 0.444 e. The van der Waals surface area contributed by atoms with E-state index in [1.54, 1.807) is 11.0 Å². The van der Waals surface area contributed by atoms with E-state index < -0.39 is 5.60 Å². The van der Waals surface area contributed by atoms with E-state index in [0.29, 0.717) is 48.9 Å². The highest BCUT2D eigenvalue weighted by molar-refractivity contribution is 9.10. The molecule has 2 heterocycles. The van der Waals surface area contributed by atoms with E-state index in [9.17, 15) is 4.79 Å². The number of aromatic nitrogens is 2. The molecule has 4 rings (SSSR count). The molecule has 0 bridgehead atoms. The first kappa shape index (κ1) is 22.5. The molecule has 0 atom stereocenters. The molecule has 0 saturated carbocycles. The van der Waals surface area contributed by atoms with Crippen molar-refractivity contribution in [1.29, 1.82) is 0 Å². The predicted octanol–water partition coefficient (Wildman–Crippen LogP) is 5.56. The summed E-state index contributed by atoms with van der Waals surface area (Å²) in [5, 5.41) is 0.864. The summed E-state index contributed by atoms with van der Waals surface area (Å²) in [4.78, 5) is 25.0. The second kappa shape index (κ2) is 8.65. The molecular weight excluding hydrogens is 475 g/mol. The lowest BCUT2D eigenvalue weighted by Gasteiger charge is -2.36. The number of rotatable bonds is 2. The van der Waals surface area contributed by atoms with Crippen molar-refractivity contribution in [2.45, 2.75) is 33.3 Å². The van der Waals surface area contributed by atoms with Gasteiger partial charge < -0.3 is 14.5 Å². The minimum Gasteiger partial charge on any atom is -0.444 e. The van der Waals surface area contributed by atoms with Crippen molar-refractivity contribution >= 4 is 38.6 Å². The highest BCUT2D eigenvalue weighted by Crippen LogP contribution is 2.32. The van der Waals surface area contributed by atoms with Crippen LogP contribution in [-0.2, 0) is 4.74 Å². The molecule has 2 aromatic carbocycles. The number of carbonyl (C=O) groups is 1. The van der Waals surface area contributed by atoms with Crippen LogP contribution in [0.2, 0.25) is 0 Å². The molecule has 32 heavy (non-hydrogen) atoms. The average molecular weight is 501 g/mol. The number of amides is 1. The summed E-state index contributed by atoms with van der Waals surface area (Å²) < 4.78 is 21.5. The lowest BCUT2D eigenvalue weighted by Crippen LogP contribution is -2.50. The Morgan fingerprint density at radius 3 is 2.44 bits per heavy atom. The third kappa shape index (κ3) is 4.85. The Morgan fingerprint density at radius 1 is 1.06 bits per heavy atom. The molecule has 168 valence electrons. The van der Waals surface area contributed by atoms with Crippen molar-refractivity contribution in [3.05, 3.63) is 52.5 Å². The normalized spacial score (nSPS) is 14.7. The molecule has 1 saturated heterocycles. The van der Waals surface area contributed by atoms with E-state index in [-0.39, 0.29) is 11.9 Å². The Kier molecular flexibility index (Phi) is 6.07. The summed E-state index contributed by atoms with van der Waals surface area (Å²) in [6.45, 7) is 9.42. The van der Waals surface area contributed by atoms with Crippen LogP contribution < -0.4 is 4.90 Å². The molecule has 0 radical (unpaired) electrons. The number of fused-ring (bicyclic) bond motifs is 1. The van der Waals surface area contributed by atoms with Gasteiger partial charge in [-0.15, -0.1) is 0 Å². The topological polar surface area (TPSA) is 58.6 Å². The van der Waals surface area contributed by atoms with Crippen LogP contribution in [0, 0.1) is 12.7 Å². The molecule has 0 spiro atoms. The molecular formula is C24H26BrFN4O2. The van der Waals surface area contributed by atoms with Gasteiger partial charge in [0, 0.05) is 41.6 Å². The molecule has 0 aliphatic carbocycles. The number of ether oxygens (including phenoxy) is 1. The maximum Gasteiger partial charge on any atom is 0.410 e. The van der Waals surface area contributed by atoms with E-state index >= 15 is 4.39 Å². The van der Waals surface area contributed by atoms with Crippen molar-refractivity contribution < 1.29 is 13.9 Å². The number of halogens is 2. The Morgan fingerprint density at radius 2 is 1.78 bits per heavy atom. The molecule has 1 aromatic heterocycles. The van der Waals surface area contributed by atoms with Gasteiger partial charge in [-0.3, -0.25) is 0 Å². The number of piperazine rings is 1. The molecule has 1 aliphatic rings. The SMILES string of the molecule is Cc1nc(-c2ccc(N3CCN(C(=O)OC(C)(C)C)CC3)c(F)c2)c2cc(Br)ccc2n1. The van der Waals surface area contributed by atoms with Crippen LogP contribution in [0.3, 0.4) is 0 Å². The van der Waals surface area contributed by atoms with Crippen LogP contribution in [0.25, 0.3) is 22.2 Å². The number of aryl methyl sites for hydroxylation is 1. The zero-order valence-electron chi connectivity index (χ0n) is 18.7. The Bertz CT molecular complexity index is 1170. The van der Waals surface area contributed by atoms with Gasteiger partial charge in [0.15, 0.2) is 0 Å². The van der Waals surface area contributed by atoms with Crippen molar-refractivity contribution in [2.75, 3.05) is 31.1 Å². The van der Waals surface area contributed by atoms with Crippen molar-refractivity contribution in [1.82, 2.24) is 14.9 Å². The summed E-state index contributed by atoms with van der Waals surface area (Å²) in [7, 11) is 0. The van der Waals surface area contributed by atoms with E-state index in [1.807, 2.05) is 56.9 Å². The van der Waals surface area contributed by atoms with Crippen LogP contribution in [0.1, 0.15) is 26.6 Å². The van der Waals surface area contributed by atoms with E-state index in [2.05, 4.69) is 25.9 Å². The fourth-order valence-electron chi connectivity index (χ4n) is 3.80. The third-order valence-electron chi connectivity index (χ3n) is 5.26. The molecule has 3 aromatic rings. The first-order valence-corrected chi connectivity index (χ1v) is 11.4. The number of nitrogens with zero attached hydrogens (tertiary/aromatic N) is 4. The Hall–Kier alpha value is -2.74. The number of benzene rings is 2. The standard InChI is InChI=1S/C24H26BrFN4O2/c1-15-27-20-7-6-17(25)14-18(20)22(28-15)16-5-8-21(19(26)13-16)29-9-11-30(12-10-29)23(31)32-24(2,3)4/h5-8,13-14H,9-12H2,1-4H3. The summed E-state index contributed by atoms with van der Waals surface area (Å²) in [5.74, 6) is 0.324. The molecule has 0 N–H and O–H groups in total. The van der Waals surface area contributed by atoms with Gasteiger partial charge in [-0.05, 0) is 58.0 Å². The zero-order valence-corrected chi connectivity index (χ0v) is 20.2. The van der Waals surface area contributed by atoms with Crippen molar-refractivity contribution in [2.24, 2.45) is 0 Å². The second-order valence-electron chi connectivity index (χ2n) is 8.90. The number of anilines is 1. The number of carbonyl (C=O) groups excluding carboxylic acids is 1. The van der Waals surface area contributed by atoms with Crippen LogP contribution in [-0.4, -0.2) is 52.7 Å². The van der Waals surface area contributed by atoms with Crippen LogP contribution >= 0.6 is 15.9 Å². The van der Waals surface area contributed by atoms with E-state index in [4.69, 9.17) is 4.74 Å². The van der Waals surface area contributed by atoms with Gasteiger partial charge >= 0.3 is 6.09 Å². The minimum atomic E-state index is -0.532. The summed E-state index contributed by atoms with van der Waals surface area (Å²) in [5.41, 5.74) is 2.21. The fourth-order valence-corrected chi connectivity index (χ4v) is 4.16. The quantitative estimate of drug-likeness (QED) is 0.460. The summed E-state index contributed by atoms with van der Waals surface area (Å²) in [6, 6.07) is 11.0. The molecule has 1 aliphatic heterocycles. The first-order valence-electron chi connectivity index (χ1n) is 10.6. The molecule has 1 amide bonds. The first-order chi connectivity index (χ1) is 15.1. The third-order valence-corrected chi connectivity index (χ3v) is 5.76. The van der Waals surface area contributed by atoms with Gasteiger partial charge in [-0.2, -0.15) is 0 Å². The zero-order chi connectivity index (χ0) is 23.0. The van der Waals surface area contributed by atoms with Crippen LogP contribution in [0.15, 0.2) is 40.9 Å². The highest BCUT2D eigenvalue weighted by Gasteiger charge is 2.27. The van der Waals surface area contributed by atoms with Gasteiger partial charge in [0.05, 0.1) is 16.9 Å². The van der Waals surface area contributed by atoms with Crippen molar-refractivity contribution in [3.8, 4) is 11.3 Å². The van der Waals surface area contributed by atoms with Crippen LogP contribution in [0.5, 0.6) is 0 Å². The number of hydrogen-bond donors (Lipinski definition) is 0. The molecule has 6 nitrogen and oxygen atoms in total. The maximum atomic E-state index is 15.2. The van der Waals surface area contributed by atoms with E-state index in [0.717, 1.165) is 15.4 Å². The van der Waals surface area contributed by atoms with Gasteiger partial charge in [0.2, 0.25) is 0 Å². The molecule has 8 heteroatoms. The predicted molar refractivity (Wildman–Crippen MR) is 127 cm³/mol. The van der Waals surface area contributed by atoms with Gasteiger partial charge in [-0.1, -0.05) is 22.0 Å². The monoisotopic (exact) mass is 500 g/mol. The lowest BCUT2D eigenvalue weighted by atomic mass is 10.0. The lowest BCUT2D eigenvalue weighted by molar-refractivity contribution is 0.0240. The smallest absolute Gasteiger partial charge is 0.410 e. The van der Waals surface area contributed by atoms with Crippen molar-refractivity contribution in [3.63, 3.8) is 0 Å². The van der Waals surface area contributed by atoms with Gasteiger partial charge in [0.25, 0.3) is 0 Å². The van der Waals surface area contributed by atoms with Gasteiger partial charge in [-0.25, -0.2) is 19.2 Å². The van der Waals surface area contributed by atoms with Gasteiger partial charge in [0.1, 0.15) is 17.2 Å². The fraction of sp³-hybridized carbons (Fsp3) is 0.375. The highest BCUT2D eigenvalue weighted by atomic mass is 79.9.